The summed E-state index contributed by atoms with van der Waals surface area (Å²) in [5, 5.41) is 0. The van der Waals surface area contributed by atoms with Crippen LogP contribution in [0.4, 0.5) is 0 Å². The topological polar surface area (TPSA) is 26.3 Å². The number of carbonyl (C=O) groups excluding carboxylic acids is 1. The van der Waals surface area contributed by atoms with Crippen molar-refractivity contribution in [1.82, 2.24) is 0 Å². The fourth-order valence-electron chi connectivity index (χ4n) is 4.14. The zero-order chi connectivity index (χ0) is 20.9. The summed E-state index contributed by atoms with van der Waals surface area (Å²) in [4.78, 5) is 13.0. The summed E-state index contributed by atoms with van der Waals surface area (Å²) in [6.07, 6.45) is 23.2. The van der Waals surface area contributed by atoms with Gasteiger partial charge in [-0.25, -0.2) is 0 Å². The van der Waals surface area contributed by atoms with Gasteiger partial charge in [-0.3, -0.25) is 4.79 Å². The van der Waals surface area contributed by atoms with Gasteiger partial charge in [0.15, 0.2) is 0 Å². The molecule has 2 nitrogen and oxygen atoms in total. The van der Waals surface area contributed by atoms with Gasteiger partial charge in [0.1, 0.15) is 0 Å². The maximum absolute atomic E-state index is 13.0. The zero-order valence-electron chi connectivity index (χ0n) is 20.0. The van der Waals surface area contributed by atoms with Crippen LogP contribution in [0.2, 0.25) is 0 Å². The third-order valence-corrected chi connectivity index (χ3v) is 6.36. The van der Waals surface area contributed by atoms with Gasteiger partial charge in [0, 0.05) is 0 Å². The van der Waals surface area contributed by atoms with E-state index in [2.05, 4.69) is 27.7 Å². The van der Waals surface area contributed by atoms with E-state index in [-0.39, 0.29) is 11.4 Å². The van der Waals surface area contributed by atoms with E-state index in [1.54, 1.807) is 0 Å². The molecule has 0 N–H and O–H groups in total. The number of hydrogen-bond acceptors (Lipinski definition) is 2. The molecule has 0 aromatic carbocycles. The molecule has 0 aliphatic heterocycles. The molecule has 0 saturated heterocycles. The molecule has 2 heteroatoms. The minimum Gasteiger partial charge on any atom is -0.465 e. The van der Waals surface area contributed by atoms with Gasteiger partial charge in [0.05, 0.1) is 12.0 Å². The molecular formula is C26H52O2. The van der Waals surface area contributed by atoms with Crippen LogP contribution in [0.15, 0.2) is 0 Å². The highest BCUT2D eigenvalue weighted by Gasteiger charge is 2.36. The minimum atomic E-state index is -0.221. The van der Waals surface area contributed by atoms with Crippen molar-refractivity contribution in [2.24, 2.45) is 5.41 Å². The van der Waals surface area contributed by atoms with E-state index < -0.39 is 0 Å². The van der Waals surface area contributed by atoms with E-state index in [9.17, 15) is 4.79 Å². The first-order chi connectivity index (χ1) is 13.7. The van der Waals surface area contributed by atoms with Gasteiger partial charge in [-0.05, 0) is 25.7 Å². The summed E-state index contributed by atoms with van der Waals surface area (Å²) < 4.78 is 5.80. The molecule has 168 valence electrons. The van der Waals surface area contributed by atoms with Crippen LogP contribution < -0.4 is 0 Å². The van der Waals surface area contributed by atoms with Gasteiger partial charge in [0.2, 0.25) is 0 Å². The molecule has 0 spiro atoms. The molecule has 0 rings (SSSR count). The SMILES string of the molecule is CCCCCCCCCCOC(=O)C(CC)(CCCC)CCCCCCCC. The van der Waals surface area contributed by atoms with Crippen LogP contribution in [0.1, 0.15) is 150 Å². The number of hydrogen-bond donors (Lipinski definition) is 0. The molecule has 0 bridgehead atoms. The Labute approximate surface area is 177 Å². The molecule has 0 aromatic rings. The molecule has 0 radical (unpaired) electrons. The lowest BCUT2D eigenvalue weighted by atomic mass is 9.76. The average Bonchev–Trinajstić information content (AvgIpc) is 2.71. The largest absolute Gasteiger partial charge is 0.465 e. The summed E-state index contributed by atoms with van der Waals surface area (Å²) >= 11 is 0. The summed E-state index contributed by atoms with van der Waals surface area (Å²) in [7, 11) is 0. The maximum Gasteiger partial charge on any atom is 0.312 e. The van der Waals surface area contributed by atoms with Crippen molar-refractivity contribution < 1.29 is 9.53 Å². The second kappa shape index (κ2) is 19.8. The second-order valence-electron chi connectivity index (χ2n) is 8.87. The molecule has 0 fully saturated rings. The highest BCUT2D eigenvalue weighted by atomic mass is 16.5. The molecule has 28 heavy (non-hydrogen) atoms. The lowest BCUT2D eigenvalue weighted by molar-refractivity contribution is -0.157. The van der Waals surface area contributed by atoms with Crippen molar-refractivity contribution in [2.45, 2.75) is 150 Å². The first kappa shape index (κ1) is 27.5. The normalized spacial score (nSPS) is 13.4. The quantitative estimate of drug-likeness (QED) is 0.143. The van der Waals surface area contributed by atoms with E-state index in [4.69, 9.17) is 4.74 Å². The number of carbonyl (C=O) groups is 1. The summed E-state index contributed by atoms with van der Waals surface area (Å²) in [6, 6.07) is 0. The average molecular weight is 397 g/mol. The molecule has 1 atom stereocenters. The highest BCUT2D eigenvalue weighted by molar-refractivity contribution is 5.76. The molecule has 1 unspecified atom stereocenters. The summed E-state index contributed by atoms with van der Waals surface area (Å²) in [5.41, 5.74) is -0.221. The van der Waals surface area contributed by atoms with E-state index in [1.165, 1.54) is 83.5 Å². The highest BCUT2D eigenvalue weighted by Crippen LogP contribution is 2.36. The lowest BCUT2D eigenvalue weighted by Crippen LogP contribution is -2.33. The predicted molar refractivity (Wildman–Crippen MR) is 124 cm³/mol. The summed E-state index contributed by atoms with van der Waals surface area (Å²) in [6.45, 7) is 9.55. The number of unbranched alkanes of at least 4 members (excludes halogenated alkanes) is 13. The zero-order valence-corrected chi connectivity index (χ0v) is 20.0. The van der Waals surface area contributed by atoms with Crippen LogP contribution in [0.3, 0.4) is 0 Å². The van der Waals surface area contributed by atoms with E-state index in [1.807, 2.05) is 0 Å². The lowest BCUT2D eigenvalue weighted by Gasteiger charge is -2.30. The Hall–Kier alpha value is -0.530. The number of ether oxygens (including phenoxy) is 1. The number of rotatable bonds is 21. The first-order valence-corrected chi connectivity index (χ1v) is 12.8. The molecular weight excluding hydrogens is 344 g/mol. The predicted octanol–water partition coefficient (Wildman–Crippen LogP) is 9.01. The van der Waals surface area contributed by atoms with Gasteiger partial charge >= 0.3 is 5.97 Å². The first-order valence-electron chi connectivity index (χ1n) is 12.8. The van der Waals surface area contributed by atoms with Crippen molar-refractivity contribution in [3.05, 3.63) is 0 Å². The van der Waals surface area contributed by atoms with Crippen molar-refractivity contribution in [3.8, 4) is 0 Å². The van der Waals surface area contributed by atoms with Crippen LogP contribution in [0.25, 0.3) is 0 Å². The van der Waals surface area contributed by atoms with Crippen molar-refractivity contribution in [3.63, 3.8) is 0 Å². The van der Waals surface area contributed by atoms with Gasteiger partial charge in [-0.1, -0.05) is 124 Å². The van der Waals surface area contributed by atoms with Crippen molar-refractivity contribution >= 4 is 5.97 Å². The minimum absolute atomic E-state index is 0.0972. The van der Waals surface area contributed by atoms with Crippen molar-refractivity contribution in [1.29, 1.82) is 0 Å². The van der Waals surface area contributed by atoms with E-state index >= 15 is 0 Å². The standard InChI is InChI=1S/C26H52O2/c1-5-9-12-14-16-17-19-21-24-28-25(27)26(8-4,22-11-7-3)23-20-18-15-13-10-6-2/h5-24H2,1-4H3. The Morgan fingerprint density at radius 2 is 1.00 bits per heavy atom. The van der Waals surface area contributed by atoms with Crippen LogP contribution in [-0.2, 0) is 9.53 Å². The Kier molecular flexibility index (Phi) is 19.4. The van der Waals surface area contributed by atoms with Crippen molar-refractivity contribution in [2.75, 3.05) is 6.61 Å². The molecule has 0 heterocycles. The molecule has 0 aliphatic rings. The third kappa shape index (κ3) is 13.6. The Morgan fingerprint density at radius 3 is 1.50 bits per heavy atom. The second-order valence-corrected chi connectivity index (χ2v) is 8.87. The van der Waals surface area contributed by atoms with Gasteiger partial charge in [0.25, 0.3) is 0 Å². The fourth-order valence-corrected chi connectivity index (χ4v) is 4.14. The Balaban J connectivity index is 4.18. The number of esters is 1. The smallest absolute Gasteiger partial charge is 0.312 e. The fraction of sp³-hybridized carbons (Fsp3) is 0.962. The summed E-state index contributed by atoms with van der Waals surface area (Å²) in [5.74, 6) is 0.0972. The molecule has 0 amide bonds. The van der Waals surface area contributed by atoms with Gasteiger partial charge in [-0.15, -0.1) is 0 Å². The van der Waals surface area contributed by atoms with E-state index in [0.29, 0.717) is 6.61 Å². The molecule has 0 saturated carbocycles. The van der Waals surface area contributed by atoms with Gasteiger partial charge < -0.3 is 4.74 Å². The third-order valence-electron chi connectivity index (χ3n) is 6.36. The van der Waals surface area contributed by atoms with Crippen LogP contribution in [0, 0.1) is 5.41 Å². The Bertz CT molecular complexity index is 339. The van der Waals surface area contributed by atoms with Gasteiger partial charge in [-0.2, -0.15) is 0 Å². The van der Waals surface area contributed by atoms with E-state index in [0.717, 1.165) is 38.5 Å². The molecule has 0 aromatic heterocycles. The molecule has 0 aliphatic carbocycles. The monoisotopic (exact) mass is 396 g/mol. The maximum atomic E-state index is 13.0. The van der Waals surface area contributed by atoms with Crippen LogP contribution >= 0.6 is 0 Å². The van der Waals surface area contributed by atoms with Crippen LogP contribution in [-0.4, -0.2) is 12.6 Å². The Morgan fingerprint density at radius 1 is 0.571 bits per heavy atom. The van der Waals surface area contributed by atoms with Crippen LogP contribution in [0.5, 0.6) is 0 Å².